The smallest absolute Gasteiger partial charge is 0.324 e. The van der Waals surface area contributed by atoms with Crippen LogP contribution >= 0.6 is 0 Å². The van der Waals surface area contributed by atoms with Gasteiger partial charge in [0.1, 0.15) is 0 Å². The number of hydrogen-bond donors (Lipinski definition) is 0. The highest BCUT2D eigenvalue weighted by Crippen LogP contribution is 2.61. The molecule has 1 aliphatic heterocycles. The summed E-state index contributed by atoms with van der Waals surface area (Å²) in [4.78, 5) is 37.3. The molecule has 4 atom stereocenters. The Morgan fingerprint density at radius 1 is 1.03 bits per heavy atom. The van der Waals surface area contributed by atoms with Gasteiger partial charge in [-0.1, -0.05) is 38.3 Å². The molecule has 2 fully saturated rings. The molecule has 188 valence electrons. The Labute approximate surface area is 197 Å². The molecule has 0 radical (unpaired) electrons. The molecule has 1 aliphatic carbocycles. The summed E-state index contributed by atoms with van der Waals surface area (Å²) in [5, 5.41) is 0. The molecule has 1 saturated carbocycles. The van der Waals surface area contributed by atoms with Crippen molar-refractivity contribution in [3.05, 3.63) is 12.2 Å². The summed E-state index contributed by atoms with van der Waals surface area (Å²) >= 11 is 0. The van der Waals surface area contributed by atoms with Crippen molar-refractivity contribution in [2.24, 2.45) is 17.3 Å². The molecule has 0 aromatic carbocycles. The van der Waals surface area contributed by atoms with Gasteiger partial charge < -0.3 is 23.7 Å². The van der Waals surface area contributed by atoms with E-state index in [9.17, 15) is 14.4 Å². The highest BCUT2D eigenvalue weighted by Gasteiger charge is 2.76. The summed E-state index contributed by atoms with van der Waals surface area (Å²) in [5.41, 5.74) is -1.51. The maximum atomic E-state index is 12.9. The largest absolute Gasteiger partial charge is 0.466 e. The fraction of sp³-hybridized carbons (Fsp3) is 0.800. The van der Waals surface area contributed by atoms with Crippen LogP contribution in [-0.2, 0) is 38.1 Å². The van der Waals surface area contributed by atoms with Gasteiger partial charge in [-0.3, -0.25) is 14.4 Å². The first-order valence-electron chi connectivity index (χ1n) is 12.3. The molecule has 8 heteroatoms. The summed E-state index contributed by atoms with van der Waals surface area (Å²) in [5.74, 6) is -2.80. The van der Waals surface area contributed by atoms with E-state index in [1.807, 2.05) is 12.2 Å². The lowest BCUT2D eigenvalue weighted by atomic mass is 10.0. The van der Waals surface area contributed by atoms with Crippen molar-refractivity contribution in [1.29, 1.82) is 0 Å². The van der Waals surface area contributed by atoms with Crippen molar-refractivity contribution in [2.45, 2.75) is 85.0 Å². The van der Waals surface area contributed by atoms with Crippen molar-refractivity contribution < 1.29 is 38.1 Å². The number of allylic oxidation sites excluding steroid dienone is 1. The maximum absolute atomic E-state index is 12.9. The lowest BCUT2D eigenvalue weighted by Crippen LogP contribution is -2.34. The molecular weight excluding hydrogens is 428 g/mol. The van der Waals surface area contributed by atoms with Crippen molar-refractivity contribution in [3.63, 3.8) is 0 Å². The van der Waals surface area contributed by atoms with E-state index in [0.717, 1.165) is 44.9 Å². The third-order valence-electron chi connectivity index (χ3n) is 6.22. The van der Waals surface area contributed by atoms with Crippen LogP contribution in [-0.4, -0.2) is 56.7 Å². The van der Waals surface area contributed by atoms with Gasteiger partial charge in [-0.2, -0.15) is 0 Å². The first-order chi connectivity index (χ1) is 15.9. The molecule has 2 unspecified atom stereocenters. The number of carbonyl (C=O) groups is 3. The van der Waals surface area contributed by atoms with Crippen LogP contribution < -0.4 is 0 Å². The van der Waals surface area contributed by atoms with Gasteiger partial charge in [0.2, 0.25) is 0 Å². The number of carbonyl (C=O) groups excluding carboxylic acids is 3. The second-order valence-corrected chi connectivity index (χ2v) is 8.60. The fourth-order valence-electron chi connectivity index (χ4n) is 4.44. The Kier molecular flexibility index (Phi) is 11.3. The molecular formula is C25H40O8. The van der Waals surface area contributed by atoms with Crippen molar-refractivity contribution in [3.8, 4) is 0 Å². The molecule has 1 saturated heterocycles. The van der Waals surface area contributed by atoms with Gasteiger partial charge in [0.05, 0.1) is 25.9 Å². The molecule has 2 rings (SSSR count). The summed E-state index contributed by atoms with van der Waals surface area (Å²) in [6.07, 6.45) is 10.3. The zero-order valence-corrected chi connectivity index (χ0v) is 20.5. The van der Waals surface area contributed by atoms with E-state index >= 15 is 0 Å². The Hall–Kier alpha value is -1.93. The van der Waals surface area contributed by atoms with Crippen LogP contribution in [0.5, 0.6) is 0 Å². The maximum Gasteiger partial charge on any atom is 0.324 e. The lowest BCUT2D eigenvalue weighted by Gasteiger charge is -2.26. The van der Waals surface area contributed by atoms with Crippen LogP contribution in [0.15, 0.2) is 12.2 Å². The first-order valence-corrected chi connectivity index (χ1v) is 12.3. The molecule has 0 aromatic heterocycles. The normalized spacial score (nSPS) is 24.8. The summed E-state index contributed by atoms with van der Waals surface area (Å²) < 4.78 is 27.6. The number of esters is 3. The predicted octanol–water partition coefficient (Wildman–Crippen LogP) is 3.96. The molecule has 8 nitrogen and oxygen atoms in total. The Morgan fingerprint density at radius 3 is 2.27 bits per heavy atom. The van der Waals surface area contributed by atoms with E-state index in [1.165, 1.54) is 6.92 Å². The van der Waals surface area contributed by atoms with Crippen LogP contribution in [0.1, 0.15) is 72.6 Å². The molecule has 0 aromatic rings. The minimum Gasteiger partial charge on any atom is -0.466 e. The third-order valence-corrected chi connectivity index (χ3v) is 6.22. The number of unbranched alkanes of at least 4 members (excludes halogenated alkanes) is 2. The quantitative estimate of drug-likeness (QED) is 0.124. The minimum absolute atomic E-state index is 0.0605. The van der Waals surface area contributed by atoms with E-state index < -0.39 is 35.2 Å². The topological polar surface area (TPSA) is 97.4 Å². The fourth-order valence-corrected chi connectivity index (χ4v) is 4.44. The van der Waals surface area contributed by atoms with E-state index in [-0.39, 0.29) is 32.2 Å². The Morgan fingerprint density at radius 2 is 1.73 bits per heavy atom. The van der Waals surface area contributed by atoms with Crippen molar-refractivity contribution in [1.82, 2.24) is 0 Å². The Bertz CT molecular complexity index is 649. The second-order valence-electron chi connectivity index (χ2n) is 8.60. The molecule has 0 spiro atoms. The van der Waals surface area contributed by atoms with E-state index in [2.05, 4.69) is 6.92 Å². The van der Waals surface area contributed by atoms with Gasteiger partial charge in [-0.25, -0.2) is 0 Å². The monoisotopic (exact) mass is 468 g/mol. The molecule has 33 heavy (non-hydrogen) atoms. The lowest BCUT2D eigenvalue weighted by molar-refractivity contribution is -0.179. The van der Waals surface area contributed by atoms with Gasteiger partial charge in [0.25, 0.3) is 0 Å². The summed E-state index contributed by atoms with van der Waals surface area (Å²) in [7, 11) is 0. The third kappa shape index (κ3) is 7.27. The predicted molar refractivity (Wildman–Crippen MR) is 121 cm³/mol. The van der Waals surface area contributed by atoms with Gasteiger partial charge in [-0.05, 0) is 39.5 Å². The number of ether oxygens (including phenoxy) is 5. The Balaban J connectivity index is 2.23. The highest BCUT2D eigenvalue weighted by atomic mass is 16.7. The molecule has 0 N–H and O–H groups in total. The van der Waals surface area contributed by atoms with Gasteiger partial charge >= 0.3 is 17.9 Å². The van der Waals surface area contributed by atoms with Crippen molar-refractivity contribution in [2.75, 3.05) is 26.4 Å². The van der Waals surface area contributed by atoms with Crippen LogP contribution in [0.3, 0.4) is 0 Å². The highest BCUT2D eigenvalue weighted by molar-refractivity contribution is 6.05. The van der Waals surface area contributed by atoms with E-state index in [4.69, 9.17) is 23.7 Å². The molecule has 1 heterocycles. The van der Waals surface area contributed by atoms with Crippen LogP contribution in [0.4, 0.5) is 0 Å². The van der Waals surface area contributed by atoms with Crippen molar-refractivity contribution >= 4 is 17.9 Å². The zero-order valence-electron chi connectivity index (χ0n) is 20.5. The van der Waals surface area contributed by atoms with Gasteiger partial charge in [0, 0.05) is 25.4 Å². The summed E-state index contributed by atoms with van der Waals surface area (Å²) in [6.45, 7) is 7.72. The van der Waals surface area contributed by atoms with Crippen LogP contribution in [0, 0.1) is 17.3 Å². The summed E-state index contributed by atoms with van der Waals surface area (Å²) in [6, 6.07) is 0. The van der Waals surface area contributed by atoms with Crippen LogP contribution in [0.2, 0.25) is 0 Å². The minimum atomic E-state index is -1.51. The second kappa shape index (κ2) is 13.7. The standard InChI is InChI=1S/C25H40O8/c1-5-8-9-12-19(33-22-13-10-11-16-31-22)14-15-20-21(17-32-18(4)26)25(20,23(27)29-6-2)24(28)30-7-3/h14-15,19-22H,5-13,16-17H2,1-4H3/t19?,20-,21-,22?/m0/s1. The van der Waals surface area contributed by atoms with Crippen LogP contribution in [0.25, 0.3) is 0 Å². The number of rotatable bonds is 14. The average Bonchev–Trinajstić information content (AvgIpc) is 3.45. The average molecular weight is 469 g/mol. The van der Waals surface area contributed by atoms with E-state index in [0.29, 0.717) is 6.61 Å². The number of hydrogen-bond acceptors (Lipinski definition) is 8. The van der Waals surface area contributed by atoms with Gasteiger partial charge in [0.15, 0.2) is 11.7 Å². The molecule has 2 aliphatic rings. The zero-order chi connectivity index (χ0) is 24.3. The van der Waals surface area contributed by atoms with E-state index in [1.54, 1.807) is 13.8 Å². The molecule has 0 bridgehead atoms. The first kappa shape index (κ1) is 27.3. The SMILES string of the molecule is CCCCCC(C=C[C@H]1[C@H](COC(C)=O)C1(C(=O)OCC)C(=O)OCC)OC1CCCCO1. The molecule has 0 amide bonds. The van der Waals surface area contributed by atoms with Gasteiger partial charge in [-0.15, -0.1) is 0 Å².